The second-order valence-corrected chi connectivity index (χ2v) is 9.93. The Morgan fingerprint density at radius 2 is 1.95 bits per heavy atom. The van der Waals surface area contributed by atoms with Gasteiger partial charge in [-0.05, 0) is 76.2 Å². The van der Waals surface area contributed by atoms with Crippen molar-refractivity contribution in [2.45, 2.75) is 32.8 Å². The van der Waals surface area contributed by atoms with Gasteiger partial charge in [0.2, 0.25) is 5.88 Å². The standard InChI is InChI=1S/C30H29N5O3S/c1-4-5-22(16-29-32-34-35-33-29)23-7-11-30(31-17-23)38-18-21-6-10-28-26(15-21)27(19-39-28)25-9-8-24(14-20(25)2)37-13-12-36-3/h6-11,14-15,17,19,22H,12-13,16,18H2,1-3H3,(H,32,33,34,35)/t22-/m1/s1. The summed E-state index contributed by atoms with van der Waals surface area (Å²) in [4.78, 5) is 4.52. The summed E-state index contributed by atoms with van der Waals surface area (Å²) in [6.45, 7) is 5.46. The molecule has 0 aliphatic carbocycles. The number of benzene rings is 2. The summed E-state index contributed by atoms with van der Waals surface area (Å²) in [5.41, 5.74) is 5.65. The quantitative estimate of drug-likeness (QED) is 0.169. The van der Waals surface area contributed by atoms with E-state index in [4.69, 9.17) is 14.2 Å². The van der Waals surface area contributed by atoms with E-state index in [1.165, 1.54) is 26.8 Å². The van der Waals surface area contributed by atoms with Gasteiger partial charge in [-0.3, -0.25) is 0 Å². The molecule has 39 heavy (non-hydrogen) atoms. The molecule has 3 aromatic heterocycles. The SMILES string of the molecule is CC#C[C@H](Cc1nnn[nH]1)c1ccc(OCc2ccc3scc(-c4ccc(OCCOC)cc4C)c3c2)nc1. The molecule has 1 atom stereocenters. The Labute approximate surface area is 231 Å². The number of methoxy groups -OCH3 is 1. The van der Waals surface area contributed by atoms with Crippen LogP contribution in [0.3, 0.4) is 0 Å². The van der Waals surface area contributed by atoms with Gasteiger partial charge in [-0.2, -0.15) is 0 Å². The highest BCUT2D eigenvalue weighted by molar-refractivity contribution is 7.17. The maximum absolute atomic E-state index is 6.04. The molecule has 0 spiro atoms. The Kier molecular flexibility index (Phi) is 8.46. The lowest BCUT2D eigenvalue weighted by Gasteiger charge is -2.11. The molecule has 0 bridgehead atoms. The van der Waals surface area contributed by atoms with Crippen LogP contribution >= 0.6 is 11.3 Å². The van der Waals surface area contributed by atoms with E-state index in [0.717, 1.165) is 16.9 Å². The lowest BCUT2D eigenvalue weighted by Crippen LogP contribution is -2.04. The van der Waals surface area contributed by atoms with Crippen LogP contribution in [-0.4, -0.2) is 45.9 Å². The first-order valence-corrected chi connectivity index (χ1v) is 13.5. The lowest BCUT2D eigenvalue weighted by atomic mass is 9.97. The predicted octanol–water partition coefficient (Wildman–Crippen LogP) is 5.74. The van der Waals surface area contributed by atoms with Crippen LogP contribution in [0.5, 0.6) is 11.6 Å². The predicted molar refractivity (Wildman–Crippen MR) is 152 cm³/mol. The summed E-state index contributed by atoms with van der Waals surface area (Å²) in [7, 11) is 1.67. The molecule has 0 unspecified atom stereocenters. The number of rotatable bonds is 11. The molecule has 0 aliphatic heterocycles. The highest BCUT2D eigenvalue weighted by Gasteiger charge is 2.14. The number of thiophene rings is 1. The van der Waals surface area contributed by atoms with E-state index in [1.807, 2.05) is 25.1 Å². The Morgan fingerprint density at radius 3 is 2.69 bits per heavy atom. The van der Waals surface area contributed by atoms with Gasteiger partial charge in [0.15, 0.2) is 0 Å². The van der Waals surface area contributed by atoms with Crippen molar-refractivity contribution in [1.29, 1.82) is 0 Å². The Balaban J connectivity index is 1.28. The summed E-state index contributed by atoms with van der Waals surface area (Å²) in [5.74, 6) is 8.24. The topological polar surface area (TPSA) is 95.0 Å². The second-order valence-electron chi connectivity index (χ2n) is 9.02. The Morgan fingerprint density at radius 1 is 1.03 bits per heavy atom. The normalized spacial score (nSPS) is 11.7. The van der Waals surface area contributed by atoms with Crippen LogP contribution in [0.1, 0.15) is 35.4 Å². The molecule has 0 saturated heterocycles. The zero-order valence-electron chi connectivity index (χ0n) is 22.1. The molecular weight excluding hydrogens is 510 g/mol. The fraction of sp³-hybridized carbons (Fsp3) is 0.267. The van der Waals surface area contributed by atoms with Crippen molar-refractivity contribution in [3.63, 3.8) is 0 Å². The van der Waals surface area contributed by atoms with Gasteiger partial charge >= 0.3 is 0 Å². The number of hydrogen-bond donors (Lipinski definition) is 1. The average Bonchev–Trinajstić information content (AvgIpc) is 3.62. The Hall–Kier alpha value is -4.26. The van der Waals surface area contributed by atoms with Gasteiger partial charge in [-0.25, -0.2) is 10.1 Å². The van der Waals surface area contributed by atoms with Crippen LogP contribution in [0.15, 0.2) is 60.1 Å². The number of aromatic nitrogens is 5. The molecule has 0 saturated carbocycles. The largest absolute Gasteiger partial charge is 0.491 e. The highest BCUT2D eigenvalue weighted by Crippen LogP contribution is 2.37. The summed E-state index contributed by atoms with van der Waals surface area (Å²) < 4.78 is 18.1. The van der Waals surface area contributed by atoms with Crippen molar-refractivity contribution in [3.8, 4) is 34.6 Å². The van der Waals surface area contributed by atoms with E-state index in [1.54, 1.807) is 24.6 Å². The summed E-state index contributed by atoms with van der Waals surface area (Å²) in [6.07, 6.45) is 2.39. The zero-order chi connectivity index (χ0) is 27.0. The van der Waals surface area contributed by atoms with Crippen LogP contribution in [0.25, 0.3) is 21.2 Å². The number of ether oxygens (including phenoxy) is 3. The van der Waals surface area contributed by atoms with Crippen LogP contribution in [0.2, 0.25) is 0 Å². The first kappa shape index (κ1) is 26.4. The average molecular weight is 540 g/mol. The second kappa shape index (κ2) is 12.5. The van der Waals surface area contributed by atoms with Crippen molar-refractivity contribution < 1.29 is 14.2 Å². The van der Waals surface area contributed by atoms with Crippen molar-refractivity contribution in [1.82, 2.24) is 25.6 Å². The fourth-order valence-corrected chi connectivity index (χ4v) is 5.31. The van der Waals surface area contributed by atoms with E-state index in [9.17, 15) is 0 Å². The molecule has 3 heterocycles. The van der Waals surface area contributed by atoms with Gasteiger partial charge in [0, 0.05) is 41.4 Å². The van der Waals surface area contributed by atoms with Gasteiger partial charge in [-0.1, -0.05) is 24.1 Å². The maximum Gasteiger partial charge on any atom is 0.213 e. The lowest BCUT2D eigenvalue weighted by molar-refractivity contribution is 0.146. The van der Waals surface area contributed by atoms with Crippen molar-refractivity contribution in [2.24, 2.45) is 0 Å². The number of hydrogen-bond acceptors (Lipinski definition) is 8. The zero-order valence-corrected chi connectivity index (χ0v) is 22.9. The molecule has 0 amide bonds. The summed E-state index contributed by atoms with van der Waals surface area (Å²) in [6, 6.07) is 16.6. The minimum absolute atomic E-state index is 0.0554. The molecule has 0 fully saturated rings. The van der Waals surface area contributed by atoms with E-state index < -0.39 is 0 Å². The van der Waals surface area contributed by atoms with Gasteiger partial charge < -0.3 is 14.2 Å². The van der Waals surface area contributed by atoms with Crippen molar-refractivity contribution in [2.75, 3.05) is 20.3 Å². The van der Waals surface area contributed by atoms with Gasteiger partial charge in [0.25, 0.3) is 0 Å². The first-order valence-electron chi connectivity index (χ1n) is 12.6. The first-order chi connectivity index (χ1) is 19.1. The molecular formula is C30H29N5O3S. The van der Waals surface area contributed by atoms with E-state index in [-0.39, 0.29) is 5.92 Å². The third-order valence-electron chi connectivity index (χ3n) is 6.34. The molecule has 9 heteroatoms. The van der Waals surface area contributed by atoms with Gasteiger partial charge in [0.1, 0.15) is 24.8 Å². The molecule has 0 aliphatic rings. The number of nitrogens with zero attached hydrogens (tertiary/aromatic N) is 4. The van der Waals surface area contributed by atoms with Crippen molar-refractivity contribution >= 4 is 21.4 Å². The summed E-state index contributed by atoms with van der Waals surface area (Å²) in [5, 5.41) is 17.5. The number of fused-ring (bicyclic) bond motifs is 1. The molecule has 198 valence electrons. The minimum Gasteiger partial charge on any atom is -0.491 e. The maximum atomic E-state index is 6.04. The third-order valence-corrected chi connectivity index (χ3v) is 7.30. The monoisotopic (exact) mass is 539 g/mol. The smallest absolute Gasteiger partial charge is 0.213 e. The number of H-pyrrole nitrogens is 1. The van der Waals surface area contributed by atoms with Crippen LogP contribution in [-0.2, 0) is 17.8 Å². The van der Waals surface area contributed by atoms with E-state index in [0.29, 0.717) is 37.9 Å². The van der Waals surface area contributed by atoms with E-state index in [2.05, 4.69) is 80.1 Å². The number of tetrazole rings is 1. The number of aryl methyl sites for hydroxylation is 1. The molecule has 5 aromatic rings. The number of aromatic amines is 1. The molecule has 8 nitrogen and oxygen atoms in total. The number of pyridine rings is 1. The van der Waals surface area contributed by atoms with Crippen LogP contribution in [0, 0.1) is 18.8 Å². The van der Waals surface area contributed by atoms with Gasteiger partial charge in [0.05, 0.1) is 12.5 Å². The van der Waals surface area contributed by atoms with Crippen molar-refractivity contribution in [3.05, 3.63) is 82.6 Å². The number of nitrogens with one attached hydrogen (secondary N) is 1. The van der Waals surface area contributed by atoms with Crippen LogP contribution < -0.4 is 9.47 Å². The summed E-state index contributed by atoms with van der Waals surface area (Å²) >= 11 is 1.74. The molecule has 2 aromatic carbocycles. The molecule has 1 N–H and O–H groups in total. The minimum atomic E-state index is -0.0554. The molecule has 0 radical (unpaired) electrons. The van der Waals surface area contributed by atoms with Crippen LogP contribution in [0.4, 0.5) is 0 Å². The van der Waals surface area contributed by atoms with E-state index >= 15 is 0 Å². The highest BCUT2D eigenvalue weighted by atomic mass is 32.1. The third kappa shape index (κ3) is 6.42. The van der Waals surface area contributed by atoms with Gasteiger partial charge in [-0.15, -0.1) is 22.4 Å². The molecule has 5 rings (SSSR count). The Bertz CT molecular complexity index is 1590. The fourth-order valence-electron chi connectivity index (χ4n) is 4.37.